The summed E-state index contributed by atoms with van der Waals surface area (Å²) in [4.78, 5) is 19.9. The Bertz CT molecular complexity index is 1320. The van der Waals surface area contributed by atoms with Crippen molar-refractivity contribution in [2.75, 3.05) is 18.0 Å². The summed E-state index contributed by atoms with van der Waals surface area (Å²) in [6.07, 6.45) is -0.575. The Balaban J connectivity index is 2.27. The highest BCUT2D eigenvalue weighted by molar-refractivity contribution is 7.85. The van der Waals surface area contributed by atoms with Gasteiger partial charge in [0.05, 0.1) is 21.4 Å². The molecule has 1 fully saturated rings. The molecule has 1 atom stereocenters. The lowest BCUT2D eigenvalue weighted by atomic mass is 10.0. The molecule has 0 N–H and O–H groups in total. The highest BCUT2D eigenvalue weighted by atomic mass is 32.2. The van der Waals surface area contributed by atoms with E-state index in [0.29, 0.717) is 33.7 Å². The van der Waals surface area contributed by atoms with Crippen LogP contribution in [0.3, 0.4) is 0 Å². The molecule has 6 nitrogen and oxygen atoms in total. The molecule has 1 aromatic heterocycles. The number of benzene rings is 1. The normalized spacial score (nSPS) is 17.8. The van der Waals surface area contributed by atoms with Gasteiger partial charge in [-0.2, -0.15) is 4.40 Å². The number of halogens is 2. The molecule has 0 saturated carbocycles. The van der Waals surface area contributed by atoms with Crippen molar-refractivity contribution in [3.8, 4) is 11.5 Å². The van der Waals surface area contributed by atoms with Crippen molar-refractivity contribution in [2.24, 2.45) is 11.4 Å². The molecule has 2 aromatic rings. The van der Waals surface area contributed by atoms with Crippen LogP contribution in [0, 0.1) is 11.5 Å². The number of piperidine rings is 1. The van der Waals surface area contributed by atoms with Gasteiger partial charge in [0.2, 0.25) is 5.95 Å². The van der Waals surface area contributed by atoms with Crippen molar-refractivity contribution in [3.05, 3.63) is 33.6 Å². The van der Waals surface area contributed by atoms with Crippen LogP contribution < -0.4 is 10.5 Å². The van der Waals surface area contributed by atoms with Crippen LogP contribution in [0.5, 0.6) is 0 Å². The fourth-order valence-corrected chi connectivity index (χ4v) is 4.74. The molecule has 0 amide bonds. The van der Waals surface area contributed by atoms with Gasteiger partial charge in [0, 0.05) is 44.1 Å². The molecule has 1 aliphatic rings. The monoisotopic (exact) mass is 520 g/mol. The number of fused-ring (bicyclic) bond motifs is 1. The van der Waals surface area contributed by atoms with Gasteiger partial charge < -0.3 is 4.90 Å². The smallest absolute Gasteiger partial charge is 0.262 e. The molecule has 0 spiro atoms. The molecule has 0 aliphatic carbocycles. The Morgan fingerprint density at radius 2 is 1.80 bits per heavy atom. The second-order valence-corrected chi connectivity index (χ2v) is 17.7. The molecule has 1 saturated heterocycles. The topological polar surface area (TPSA) is 67.6 Å². The van der Waals surface area contributed by atoms with Crippen molar-refractivity contribution in [1.82, 2.24) is 9.55 Å². The summed E-state index contributed by atoms with van der Waals surface area (Å²) >= 11 is 0. The molecule has 10 heteroatoms. The maximum absolute atomic E-state index is 13.7. The summed E-state index contributed by atoms with van der Waals surface area (Å²) in [5, 5.41) is 0.368. The van der Waals surface area contributed by atoms with Gasteiger partial charge in [0.25, 0.3) is 11.5 Å². The van der Waals surface area contributed by atoms with E-state index in [1.807, 2.05) is 26.8 Å². The molecule has 0 bridgehead atoms. The predicted molar refractivity (Wildman–Crippen MR) is 144 cm³/mol. The standard InChI is InChI=1S/C25H34F2N4O2SSi/c1-17(29-34(33)24(2,3)4)19-15-18(9-14-35(6,7)8)16-20-21(19)28-23(30(5)22(20)32)31-12-10-25(26,27)11-13-31/h15-16H,10-13H2,1-8H3/b29-17-/t34-/m1/s1. The minimum atomic E-state index is -2.71. The third-order valence-corrected chi connectivity index (χ3v) is 8.01. The quantitative estimate of drug-likeness (QED) is 0.335. The average Bonchev–Trinajstić information content (AvgIpc) is 2.73. The van der Waals surface area contributed by atoms with E-state index in [9.17, 15) is 17.8 Å². The highest BCUT2D eigenvalue weighted by Crippen LogP contribution is 2.30. The molecule has 0 radical (unpaired) electrons. The molecule has 1 aromatic carbocycles. The average molecular weight is 521 g/mol. The van der Waals surface area contributed by atoms with Crippen molar-refractivity contribution < 1.29 is 13.0 Å². The maximum Gasteiger partial charge on any atom is 0.262 e. The van der Waals surface area contributed by atoms with E-state index in [2.05, 4.69) is 35.5 Å². The van der Waals surface area contributed by atoms with Crippen LogP contribution in [0.25, 0.3) is 10.9 Å². The van der Waals surface area contributed by atoms with E-state index in [1.54, 1.807) is 24.9 Å². The van der Waals surface area contributed by atoms with Gasteiger partial charge in [0.15, 0.2) is 0 Å². The van der Waals surface area contributed by atoms with E-state index >= 15 is 0 Å². The first kappa shape index (κ1) is 27.2. The first-order chi connectivity index (χ1) is 16.0. The minimum Gasteiger partial charge on any atom is -0.342 e. The number of rotatable bonds is 3. The van der Waals surface area contributed by atoms with E-state index in [0.717, 1.165) is 0 Å². The van der Waals surface area contributed by atoms with Crippen LogP contribution in [0.1, 0.15) is 51.7 Å². The van der Waals surface area contributed by atoms with Crippen LogP contribution in [-0.4, -0.2) is 51.3 Å². The van der Waals surface area contributed by atoms with Crippen molar-refractivity contribution >= 4 is 41.6 Å². The summed E-state index contributed by atoms with van der Waals surface area (Å²) in [5.74, 6) is 0.832. The second-order valence-electron chi connectivity index (χ2n) is 11.1. The Morgan fingerprint density at radius 3 is 2.34 bits per heavy atom. The van der Waals surface area contributed by atoms with Gasteiger partial charge in [-0.05, 0) is 39.8 Å². The van der Waals surface area contributed by atoms with Gasteiger partial charge in [0.1, 0.15) is 19.1 Å². The summed E-state index contributed by atoms with van der Waals surface area (Å²) < 4.78 is 45.5. The van der Waals surface area contributed by atoms with Crippen LogP contribution in [0.15, 0.2) is 21.3 Å². The molecule has 190 valence electrons. The molecule has 2 heterocycles. The summed E-state index contributed by atoms with van der Waals surface area (Å²) in [5.41, 5.74) is 5.16. The van der Waals surface area contributed by atoms with E-state index < -0.39 is 29.7 Å². The fourth-order valence-electron chi connectivity index (χ4n) is 3.60. The highest BCUT2D eigenvalue weighted by Gasteiger charge is 2.35. The van der Waals surface area contributed by atoms with E-state index in [-0.39, 0.29) is 31.5 Å². The number of hydrogen-bond donors (Lipinski definition) is 0. The maximum atomic E-state index is 13.7. The Labute approximate surface area is 209 Å². The molecular formula is C25H34F2N4O2SSi. The molecular weight excluding hydrogens is 486 g/mol. The largest absolute Gasteiger partial charge is 0.342 e. The van der Waals surface area contributed by atoms with Crippen LogP contribution in [-0.2, 0) is 18.0 Å². The lowest BCUT2D eigenvalue weighted by molar-refractivity contribution is -0.0223. The summed E-state index contributed by atoms with van der Waals surface area (Å²) in [7, 11) is -1.58. The van der Waals surface area contributed by atoms with Gasteiger partial charge in [-0.25, -0.2) is 18.0 Å². The van der Waals surface area contributed by atoms with Crippen LogP contribution in [0.2, 0.25) is 19.6 Å². The van der Waals surface area contributed by atoms with Crippen molar-refractivity contribution in [3.63, 3.8) is 0 Å². The van der Waals surface area contributed by atoms with Crippen molar-refractivity contribution in [2.45, 2.75) is 70.8 Å². The van der Waals surface area contributed by atoms with Gasteiger partial charge in [-0.15, -0.1) is 5.54 Å². The van der Waals surface area contributed by atoms with E-state index in [4.69, 9.17) is 4.98 Å². The molecule has 3 rings (SSSR count). The number of anilines is 1. The van der Waals surface area contributed by atoms with Gasteiger partial charge in [-0.3, -0.25) is 9.36 Å². The Hall–Kier alpha value is -2.38. The predicted octanol–water partition coefficient (Wildman–Crippen LogP) is 4.67. The first-order valence-corrected chi connectivity index (χ1v) is 16.3. The number of aromatic nitrogens is 2. The first-order valence-electron chi connectivity index (χ1n) is 11.7. The fraction of sp³-hybridized carbons (Fsp3) is 0.560. The van der Waals surface area contributed by atoms with Crippen molar-refractivity contribution in [1.29, 1.82) is 0 Å². The molecule has 1 aliphatic heterocycles. The van der Waals surface area contributed by atoms with Gasteiger partial charge in [-0.1, -0.05) is 25.6 Å². The van der Waals surface area contributed by atoms with Gasteiger partial charge >= 0.3 is 0 Å². The number of nitrogens with zero attached hydrogens (tertiary/aromatic N) is 4. The zero-order chi connectivity index (χ0) is 26.3. The third-order valence-electron chi connectivity index (χ3n) is 5.65. The van der Waals surface area contributed by atoms with E-state index in [1.165, 1.54) is 4.57 Å². The summed E-state index contributed by atoms with van der Waals surface area (Å²) in [6.45, 7) is 13.9. The lowest BCUT2D eigenvalue weighted by Crippen LogP contribution is -2.42. The Kier molecular flexibility index (Phi) is 7.45. The molecule has 0 unspecified atom stereocenters. The SMILES string of the molecule is C/C(=N/[S@](=O)C(C)(C)C)c1cc(C#C[Si](C)(C)C)cc2c(=O)n(C)c(N3CCC(F)(F)CC3)nc12. The minimum absolute atomic E-state index is 0.106. The second kappa shape index (κ2) is 9.58. The molecule has 35 heavy (non-hydrogen) atoms. The lowest BCUT2D eigenvalue weighted by Gasteiger charge is -2.33. The zero-order valence-corrected chi connectivity index (χ0v) is 23.6. The Morgan fingerprint density at radius 1 is 1.20 bits per heavy atom. The zero-order valence-electron chi connectivity index (χ0n) is 21.8. The third kappa shape index (κ3) is 6.44. The van der Waals surface area contributed by atoms with Crippen LogP contribution in [0.4, 0.5) is 14.7 Å². The summed E-state index contributed by atoms with van der Waals surface area (Å²) in [6, 6.07) is 3.55. The number of hydrogen-bond acceptors (Lipinski definition) is 4. The number of alkyl halides is 2. The van der Waals surface area contributed by atoms with Crippen LogP contribution >= 0.6 is 0 Å².